The first kappa shape index (κ1) is 23.6. The van der Waals surface area contributed by atoms with Crippen LogP contribution in [0.3, 0.4) is 0 Å². The van der Waals surface area contributed by atoms with Crippen LogP contribution in [0.25, 0.3) is 0 Å². The molecule has 2 saturated heterocycles. The predicted octanol–water partition coefficient (Wildman–Crippen LogP) is 2.08. The summed E-state index contributed by atoms with van der Waals surface area (Å²) in [5, 5.41) is 19.2. The maximum Gasteiger partial charge on any atom is 0.318 e. The fraction of sp³-hybridized carbons (Fsp3) is 0.500. The summed E-state index contributed by atoms with van der Waals surface area (Å²) in [5.41, 5.74) is 2.35. The van der Waals surface area contributed by atoms with E-state index in [1.807, 2.05) is 12.3 Å². The van der Waals surface area contributed by atoms with E-state index in [9.17, 15) is 4.79 Å². The van der Waals surface area contributed by atoms with E-state index in [0.29, 0.717) is 60.9 Å². The lowest BCUT2D eigenvalue weighted by molar-refractivity contribution is 0.0903. The average Bonchev–Trinajstić information content (AvgIpc) is 3.30. The number of hydrogen-bond acceptors (Lipinski definition) is 8. The van der Waals surface area contributed by atoms with Crippen LogP contribution in [0.1, 0.15) is 29.7 Å². The van der Waals surface area contributed by atoms with Crippen molar-refractivity contribution >= 4 is 23.6 Å². The zero-order chi connectivity index (χ0) is 24.2. The quantitative estimate of drug-likeness (QED) is 0.573. The molecule has 0 aliphatic carbocycles. The number of hydrogen-bond donors (Lipinski definition) is 3. The standard InChI is InChI=1S/C24H28ClN7O3/c25-19-9-18(2-1-15(19)10-26)35-22-13-27-12-20(22)31-24(33)32-6-3-16-11-28-23(30-21(16)14-32)29-17-4-7-34-8-5-17/h1-2,9,11,17,20,22,27H,3-8,12-14H2,(H,31,33)(H,28,29,30)/t20-,22-/m0/s1. The van der Waals surface area contributed by atoms with Crippen molar-refractivity contribution in [3.05, 3.63) is 46.2 Å². The Balaban J connectivity index is 1.19. The Hall–Kier alpha value is -3.13. The summed E-state index contributed by atoms with van der Waals surface area (Å²) in [7, 11) is 0. The summed E-state index contributed by atoms with van der Waals surface area (Å²) in [6.07, 6.45) is 4.20. The first-order chi connectivity index (χ1) is 17.1. The average molecular weight is 498 g/mol. The van der Waals surface area contributed by atoms with Crippen LogP contribution >= 0.6 is 11.6 Å². The lowest BCUT2D eigenvalue weighted by Crippen LogP contribution is -2.51. The van der Waals surface area contributed by atoms with Gasteiger partial charge < -0.3 is 30.3 Å². The number of nitrogens with one attached hydrogen (secondary N) is 3. The number of nitriles is 1. The summed E-state index contributed by atoms with van der Waals surface area (Å²) >= 11 is 6.13. The zero-order valence-corrected chi connectivity index (χ0v) is 20.1. The molecule has 3 aliphatic rings. The van der Waals surface area contributed by atoms with Crippen molar-refractivity contribution in [1.82, 2.24) is 25.5 Å². The largest absolute Gasteiger partial charge is 0.487 e. The molecule has 0 radical (unpaired) electrons. The molecule has 0 saturated carbocycles. The van der Waals surface area contributed by atoms with E-state index in [0.717, 1.165) is 37.3 Å². The fourth-order valence-corrected chi connectivity index (χ4v) is 4.79. The van der Waals surface area contributed by atoms with Crippen molar-refractivity contribution in [2.75, 3.05) is 38.2 Å². The molecule has 10 nitrogen and oxygen atoms in total. The van der Waals surface area contributed by atoms with E-state index >= 15 is 0 Å². The van der Waals surface area contributed by atoms with Gasteiger partial charge in [-0.3, -0.25) is 0 Å². The van der Waals surface area contributed by atoms with E-state index in [1.165, 1.54) is 0 Å². The monoisotopic (exact) mass is 497 g/mol. The normalized spacial score (nSPS) is 22.2. The molecular weight excluding hydrogens is 470 g/mol. The molecule has 1 aromatic carbocycles. The molecule has 0 unspecified atom stereocenters. The Morgan fingerprint density at radius 2 is 2.17 bits per heavy atom. The van der Waals surface area contributed by atoms with Crippen LogP contribution in [0.5, 0.6) is 5.75 Å². The zero-order valence-electron chi connectivity index (χ0n) is 19.3. The van der Waals surface area contributed by atoms with Gasteiger partial charge in [0.2, 0.25) is 5.95 Å². The molecule has 35 heavy (non-hydrogen) atoms. The van der Waals surface area contributed by atoms with E-state index < -0.39 is 0 Å². The number of anilines is 1. The van der Waals surface area contributed by atoms with E-state index in [4.69, 9.17) is 31.3 Å². The van der Waals surface area contributed by atoms with Crippen molar-refractivity contribution < 1.29 is 14.3 Å². The van der Waals surface area contributed by atoms with Crippen molar-refractivity contribution in [2.24, 2.45) is 0 Å². The molecule has 0 spiro atoms. The second-order valence-corrected chi connectivity index (χ2v) is 9.40. The van der Waals surface area contributed by atoms with Gasteiger partial charge in [0, 0.05) is 51.2 Å². The third-order valence-corrected chi connectivity index (χ3v) is 6.92. The van der Waals surface area contributed by atoms with Crippen LogP contribution in [-0.2, 0) is 17.7 Å². The van der Waals surface area contributed by atoms with Gasteiger partial charge in [0.25, 0.3) is 0 Å². The predicted molar refractivity (Wildman–Crippen MR) is 129 cm³/mol. The highest BCUT2D eigenvalue weighted by Gasteiger charge is 2.32. The number of ether oxygens (including phenoxy) is 2. The highest BCUT2D eigenvalue weighted by molar-refractivity contribution is 6.31. The molecule has 11 heteroatoms. The topological polar surface area (TPSA) is 124 Å². The van der Waals surface area contributed by atoms with Gasteiger partial charge in [0.1, 0.15) is 17.9 Å². The third kappa shape index (κ3) is 5.59. The maximum absolute atomic E-state index is 13.1. The summed E-state index contributed by atoms with van der Waals surface area (Å²) in [6, 6.07) is 6.98. The Labute approximate surface area is 209 Å². The van der Waals surface area contributed by atoms with Crippen LogP contribution < -0.4 is 20.7 Å². The summed E-state index contributed by atoms with van der Waals surface area (Å²) in [5.74, 6) is 1.17. The second-order valence-electron chi connectivity index (χ2n) is 8.99. The Morgan fingerprint density at radius 3 is 2.97 bits per heavy atom. The lowest BCUT2D eigenvalue weighted by Gasteiger charge is -2.31. The van der Waals surface area contributed by atoms with Crippen molar-refractivity contribution in [3.63, 3.8) is 0 Å². The molecule has 2 amide bonds. The van der Waals surface area contributed by atoms with Gasteiger partial charge >= 0.3 is 6.03 Å². The molecule has 3 N–H and O–H groups in total. The molecule has 2 fully saturated rings. The maximum atomic E-state index is 13.1. The number of urea groups is 1. The highest BCUT2D eigenvalue weighted by Crippen LogP contribution is 2.24. The molecule has 4 heterocycles. The molecule has 2 atom stereocenters. The van der Waals surface area contributed by atoms with Gasteiger partial charge in [0.05, 0.1) is 28.9 Å². The molecule has 2 aromatic rings. The second kappa shape index (κ2) is 10.6. The fourth-order valence-electron chi connectivity index (χ4n) is 4.58. The number of benzene rings is 1. The van der Waals surface area contributed by atoms with Crippen LogP contribution in [0.15, 0.2) is 24.4 Å². The number of carbonyl (C=O) groups excluding carboxylic acids is 1. The Bertz CT molecular complexity index is 1120. The van der Waals surface area contributed by atoms with Gasteiger partial charge in [-0.05, 0) is 37.0 Å². The van der Waals surface area contributed by atoms with Gasteiger partial charge in [-0.1, -0.05) is 11.6 Å². The summed E-state index contributed by atoms with van der Waals surface area (Å²) in [4.78, 5) is 24.1. The van der Waals surface area contributed by atoms with Gasteiger partial charge in [-0.2, -0.15) is 5.26 Å². The molecular formula is C24H28ClN7O3. The first-order valence-electron chi connectivity index (χ1n) is 11.9. The number of carbonyl (C=O) groups is 1. The SMILES string of the molecule is N#Cc1ccc(O[C@H]2CNC[C@@H]2NC(=O)N2CCc3cnc(NC4CCOCC4)nc3C2)cc1Cl. The number of halogens is 1. The van der Waals surface area contributed by atoms with Crippen molar-refractivity contribution in [1.29, 1.82) is 5.26 Å². The minimum absolute atomic E-state index is 0.145. The van der Waals surface area contributed by atoms with Crippen LogP contribution in [0, 0.1) is 11.3 Å². The van der Waals surface area contributed by atoms with E-state index in [2.05, 4.69) is 20.9 Å². The number of aromatic nitrogens is 2. The lowest BCUT2D eigenvalue weighted by atomic mass is 10.1. The van der Waals surface area contributed by atoms with Gasteiger partial charge in [-0.25, -0.2) is 14.8 Å². The number of amides is 2. The Morgan fingerprint density at radius 1 is 1.31 bits per heavy atom. The van der Waals surface area contributed by atoms with E-state index in [1.54, 1.807) is 23.1 Å². The molecule has 1 aromatic heterocycles. The smallest absolute Gasteiger partial charge is 0.318 e. The Kier molecular flexibility index (Phi) is 7.18. The molecule has 0 bridgehead atoms. The summed E-state index contributed by atoms with van der Waals surface area (Å²) in [6.45, 7) is 3.73. The van der Waals surface area contributed by atoms with Crippen molar-refractivity contribution in [2.45, 2.75) is 44.0 Å². The van der Waals surface area contributed by atoms with Crippen LogP contribution in [0.4, 0.5) is 10.7 Å². The number of nitrogens with zero attached hydrogens (tertiary/aromatic N) is 4. The molecule has 5 rings (SSSR count). The number of rotatable bonds is 5. The molecule has 3 aliphatic heterocycles. The van der Waals surface area contributed by atoms with Gasteiger partial charge in [-0.15, -0.1) is 0 Å². The van der Waals surface area contributed by atoms with Crippen LogP contribution in [0.2, 0.25) is 5.02 Å². The minimum Gasteiger partial charge on any atom is -0.487 e. The van der Waals surface area contributed by atoms with Crippen molar-refractivity contribution in [3.8, 4) is 11.8 Å². The third-order valence-electron chi connectivity index (χ3n) is 6.60. The number of fused-ring (bicyclic) bond motifs is 1. The van der Waals surface area contributed by atoms with E-state index in [-0.39, 0.29) is 18.2 Å². The first-order valence-corrected chi connectivity index (χ1v) is 12.3. The minimum atomic E-state index is -0.252. The molecule has 184 valence electrons. The summed E-state index contributed by atoms with van der Waals surface area (Å²) < 4.78 is 11.5. The highest BCUT2D eigenvalue weighted by atomic mass is 35.5. The van der Waals surface area contributed by atoms with Gasteiger partial charge in [0.15, 0.2) is 0 Å². The van der Waals surface area contributed by atoms with Crippen LogP contribution in [-0.4, -0.2) is 71.9 Å².